The standard InChI is InChI=1S/C8H14N6O5/c9-5(7(16)17)3-11-6(15)4-12-8(18)19-2-1-13-14-10/h5H,1-4,9H2,(H,11,15)(H,12,18)(H,16,17)/t5-/m0/s1. The highest BCUT2D eigenvalue weighted by Gasteiger charge is 2.13. The van der Waals surface area contributed by atoms with Crippen LogP contribution in [0, 0.1) is 0 Å². The summed E-state index contributed by atoms with van der Waals surface area (Å²) in [6.45, 7) is -0.751. The molecule has 0 unspecified atom stereocenters. The predicted molar refractivity (Wildman–Crippen MR) is 62.0 cm³/mol. The Hall–Kier alpha value is -2.52. The SMILES string of the molecule is [N-]=[N+]=NCCOC(=O)NCC(=O)NC[C@H](N)C(=O)O. The van der Waals surface area contributed by atoms with Crippen LogP contribution in [0.4, 0.5) is 4.79 Å². The third kappa shape index (κ3) is 9.21. The Labute approximate surface area is 107 Å². The molecule has 0 saturated heterocycles. The number of carbonyl (C=O) groups is 3. The van der Waals surface area contributed by atoms with Gasteiger partial charge in [-0.25, -0.2) is 4.79 Å². The lowest BCUT2D eigenvalue weighted by molar-refractivity contribution is -0.138. The number of nitrogens with two attached hydrogens (primary N) is 1. The Balaban J connectivity index is 3.69. The molecule has 2 amide bonds. The molecule has 106 valence electrons. The highest BCUT2D eigenvalue weighted by molar-refractivity contribution is 5.83. The number of aliphatic carboxylic acids is 1. The minimum atomic E-state index is -1.24. The fraction of sp³-hybridized carbons (Fsp3) is 0.625. The van der Waals surface area contributed by atoms with Gasteiger partial charge in [0.05, 0.1) is 19.7 Å². The molecule has 5 N–H and O–H groups in total. The van der Waals surface area contributed by atoms with Crippen molar-refractivity contribution in [1.82, 2.24) is 10.6 Å². The quantitative estimate of drug-likeness (QED) is 0.182. The highest BCUT2D eigenvalue weighted by atomic mass is 16.5. The van der Waals surface area contributed by atoms with Crippen molar-refractivity contribution < 1.29 is 24.2 Å². The number of nitrogens with zero attached hydrogens (tertiary/aromatic N) is 3. The van der Waals surface area contributed by atoms with Crippen LogP contribution in [-0.2, 0) is 14.3 Å². The van der Waals surface area contributed by atoms with Crippen LogP contribution in [0.2, 0.25) is 0 Å². The molecule has 0 aromatic carbocycles. The van der Waals surface area contributed by atoms with Crippen molar-refractivity contribution in [2.24, 2.45) is 10.8 Å². The van der Waals surface area contributed by atoms with E-state index in [1.54, 1.807) is 0 Å². The molecule has 0 aromatic rings. The molecule has 0 saturated carbocycles. The van der Waals surface area contributed by atoms with Crippen molar-refractivity contribution in [3.63, 3.8) is 0 Å². The molecule has 19 heavy (non-hydrogen) atoms. The minimum absolute atomic E-state index is 0.0103. The summed E-state index contributed by atoms with van der Waals surface area (Å²) in [6.07, 6.45) is -0.856. The first-order valence-electron chi connectivity index (χ1n) is 5.14. The second kappa shape index (κ2) is 9.50. The summed E-state index contributed by atoms with van der Waals surface area (Å²) in [4.78, 5) is 34.9. The maximum atomic E-state index is 11.2. The lowest BCUT2D eigenvalue weighted by Crippen LogP contribution is -2.45. The molecule has 0 aromatic heterocycles. The second-order valence-electron chi connectivity index (χ2n) is 3.19. The van der Waals surface area contributed by atoms with Gasteiger partial charge in [-0.1, -0.05) is 5.11 Å². The molecule has 0 fully saturated rings. The van der Waals surface area contributed by atoms with Gasteiger partial charge in [-0.05, 0) is 5.53 Å². The molecular weight excluding hydrogens is 260 g/mol. The van der Waals surface area contributed by atoms with E-state index in [0.29, 0.717) is 0 Å². The lowest BCUT2D eigenvalue weighted by Gasteiger charge is -2.09. The molecule has 0 heterocycles. The molecule has 11 heteroatoms. The highest BCUT2D eigenvalue weighted by Crippen LogP contribution is 1.80. The third-order valence-corrected chi connectivity index (χ3v) is 1.72. The summed E-state index contributed by atoms with van der Waals surface area (Å²) in [5.41, 5.74) is 13.1. The van der Waals surface area contributed by atoms with Crippen LogP contribution in [0.25, 0.3) is 10.4 Å². The Morgan fingerprint density at radius 1 is 1.42 bits per heavy atom. The molecule has 0 bridgehead atoms. The molecule has 0 aliphatic carbocycles. The first-order valence-corrected chi connectivity index (χ1v) is 5.14. The Morgan fingerprint density at radius 3 is 2.68 bits per heavy atom. The molecule has 0 spiro atoms. The van der Waals surface area contributed by atoms with Gasteiger partial charge >= 0.3 is 12.1 Å². The van der Waals surface area contributed by atoms with Gasteiger partial charge in [0.25, 0.3) is 0 Å². The lowest BCUT2D eigenvalue weighted by atomic mass is 10.3. The molecule has 0 radical (unpaired) electrons. The molecule has 0 aliphatic heterocycles. The number of hydrogen-bond donors (Lipinski definition) is 4. The number of ether oxygens (including phenoxy) is 1. The summed E-state index contributed by atoms with van der Waals surface area (Å²) < 4.78 is 4.54. The first-order chi connectivity index (χ1) is 8.97. The minimum Gasteiger partial charge on any atom is -0.480 e. The number of hydrogen-bond acceptors (Lipinski definition) is 6. The predicted octanol–water partition coefficient (Wildman–Crippen LogP) is -1.45. The van der Waals surface area contributed by atoms with Crippen LogP contribution in [-0.4, -0.2) is 55.4 Å². The van der Waals surface area contributed by atoms with Crippen molar-refractivity contribution in [3.05, 3.63) is 10.4 Å². The van der Waals surface area contributed by atoms with E-state index in [4.69, 9.17) is 16.4 Å². The number of azide groups is 1. The van der Waals surface area contributed by atoms with Crippen molar-refractivity contribution >= 4 is 18.0 Å². The maximum Gasteiger partial charge on any atom is 0.407 e. The van der Waals surface area contributed by atoms with Crippen LogP contribution in [0.3, 0.4) is 0 Å². The van der Waals surface area contributed by atoms with Gasteiger partial charge < -0.3 is 26.2 Å². The number of carboxylic acid groups (broad SMARTS) is 1. The van der Waals surface area contributed by atoms with Gasteiger partial charge in [0.2, 0.25) is 5.91 Å². The fourth-order valence-corrected chi connectivity index (χ4v) is 0.801. The van der Waals surface area contributed by atoms with E-state index in [0.717, 1.165) is 0 Å². The second-order valence-corrected chi connectivity index (χ2v) is 3.19. The first kappa shape index (κ1) is 16.5. The Kier molecular flexibility index (Phi) is 8.24. The average Bonchev–Trinajstić information content (AvgIpc) is 2.38. The molecule has 11 nitrogen and oxygen atoms in total. The Bertz CT molecular complexity index is 380. The van der Waals surface area contributed by atoms with Crippen LogP contribution in [0.1, 0.15) is 0 Å². The number of carboxylic acids is 1. The largest absolute Gasteiger partial charge is 0.480 e. The van der Waals surface area contributed by atoms with E-state index in [2.05, 4.69) is 25.4 Å². The summed E-state index contributed by atoms with van der Waals surface area (Å²) in [6, 6.07) is -1.21. The van der Waals surface area contributed by atoms with E-state index in [-0.39, 0.29) is 26.2 Å². The third-order valence-electron chi connectivity index (χ3n) is 1.72. The Morgan fingerprint density at radius 2 is 2.11 bits per heavy atom. The summed E-state index contributed by atoms with van der Waals surface area (Å²) in [5.74, 6) is -1.85. The van der Waals surface area contributed by atoms with E-state index in [1.165, 1.54) is 0 Å². The van der Waals surface area contributed by atoms with Gasteiger partial charge in [0.1, 0.15) is 6.04 Å². The zero-order valence-electron chi connectivity index (χ0n) is 9.90. The van der Waals surface area contributed by atoms with Crippen molar-refractivity contribution in [2.75, 3.05) is 26.2 Å². The number of carbonyl (C=O) groups excluding carboxylic acids is 2. The zero-order chi connectivity index (χ0) is 14.7. The van der Waals surface area contributed by atoms with Gasteiger partial charge in [-0.3, -0.25) is 9.59 Å². The van der Waals surface area contributed by atoms with Crippen LogP contribution in [0.5, 0.6) is 0 Å². The number of nitrogens with one attached hydrogen (secondary N) is 2. The van der Waals surface area contributed by atoms with Gasteiger partial charge in [0.15, 0.2) is 0 Å². The van der Waals surface area contributed by atoms with E-state index in [1.807, 2.05) is 0 Å². The van der Waals surface area contributed by atoms with Crippen molar-refractivity contribution in [2.45, 2.75) is 6.04 Å². The summed E-state index contributed by atoms with van der Waals surface area (Å²) in [5, 5.41) is 15.9. The molecule has 1 atom stereocenters. The monoisotopic (exact) mass is 274 g/mol. The zero-order valence-corrected chi connectivity index (χ0v) is 9.90. The number of alkyl carbamates (subject to hydrolysis) is 1. The van der Waals surface area contributed by atoms with E-state index in [9.17, 15) is 14.4 Å². The molecular formula is C8H14N6O5. The molecule has 0 rings (SSSR count). The fourth-order valence-electron chi connectivity index (χ4n) is 0.801. The number of amides is 2. The van der Waals surface area contributed by atoms with E-state index >= 15 is 0 Å². The topological polar surface area (TPSA) is 180 Å². The summed E-state index contributed by atoms with van der Waals surface area (Å²) >= 11 is 0. The van der Waals surface area contributed by atoms with Gasteiger partial charge in [0, 0.05) is 11.5 Å². The van der Waals surface area contributed by atoms with Crippen LogP contribution in [0.15, 0.2) is 5.11 Å². The smallest absolute Gasteiger partial charge is 0.407 e. The normalized spacial score (nSPS) is 10.8. The maximum absolute atomic E-state index is 11.2. The van der Waals surface area contributed by atoms with Crippen molar-refractivity contribution in [1.29, 1.82) is 0 Å². The van der Waals surface area contributed by atoms with Gasteiger partial charge in [-0.15, -0.1) is 0 Å². The average molecular weight is 274 g/mol. The summed E-state index contributed by atoms with van der Waals surface area (Å²) in [7, 11) is 0. The molecule has 0 aliphatic rings. The van der Waals surface area contributed by atoms with Crippen molar-refractivity contribution in [3.8, 4) is 0 Å². The van der Waals surface area contributed by atoms with Crippen LogP contribution >= 0.6 is 0 Å². The van der Waals surface area contributed by atoms with Crippen LogP contribution < -0.4 is 16.4 Å². The number of rotatable bonds is 8. The van der Waals surface area contributed by atoms with Gasteiger partial charge in [-0.2, -0.15) is 0 Å². The van der Waals surface area contributed by atoms with E-state index < -0.39 is 24.0 Å².